The van der Waals surface area contributed by atoms with Gasteiger partial charge in [0.1, 0.15) is 17.9 Å². The second-order valence-electron chi connectivity index (χ2n) is 4.00. The van der Waals surface area contributed by atoms with Gasteiger partial charge in [-0.05, 0) is 24.3 Å². The number of phenols is 1. The van der Waals surface area contributed by atoms with Crippen LogP contribution in [0.5, 0.6) is 5.75 Å². The molecule has 1 N–H and O–H groups in total. The Morgan fingerprint density at radius 2 is 2.11 bits per heavy atom. The molecule has 18 heavy (non-hydrogen) atoms. The number of pyridine rings is 1. The second kappa shape index (κ2) is 4.00. The summed E-state index contributed by atoms with van der Waals surface area (Å²) in [5, 5.41) is 9.48. The first-order chi connectivity index (χ1) is 8.78. The highest BCUT2D eigenvalue weighted by molar-refractivity contribution is 5.78. The number of carbonyl (C=O) groups is 1. The van der Waals surface area contributed by atoms with Crippen molar-refractivity contribution in [3.05, 3.63) is 54.4 Å². The van der Waals surface area contributed by atoms with Gasteiger partial charge in [-0.2, -0.15) is 0 Å². The molecular weight excluding hydrogens is 228 g/mol. The SMILES string of the molecule is O=Cc1ccn2c(-c3cccc(O)c3)ncc2c1. The van der Waals surface area contributed by atoms with E-state index in [2.05, 4.69) is 4.98 Å². The van der Waals surface area contributed by atoms with Gasteiger partial charge in [-0.15, -0.1) is 0 Å². The predicted octanol–water partition coefficient (Wildman–Crippen LogP) is 2.52. The Morgan fingerprint density at radius 1 is 1.22 bits per heavy atom. The summed E-state index contributed by atoms with van der Waals surface area (Å²) in [6, 6.07) is 10.4. The standard InChI is InChI=1S/C14H10N2O2/c17-9-10-4-5-16-12(6-10)8-15-14(16)11-2-1-3-13(18)7-11/h1-9,18H. The Bertz CT molecular complexity index is 731. The molecule has 0 unspecified atom stereocenters. The Balaban J connectivity index is 2.21. The third-order valence-electron chi connectivity index (χ3n) is 2.80. The van der Waals surface area contributed by atoms with Crippen LogP contribution in [0.4, 0.5) is 0 Å². The van der Waals surface area contributed by atoms with Gasteiger partial charge in [0, 0.05) is 17.3 Å². The molecule has 2 aromatic heterocycles. The van der Waals surface area contributed by atoms with E-state index >= 15 is 0 Å². The molecular formula is C14H10N2O2. The maximum absolute atomic E-state index is 10.7. The fourth-order valence-corrected chi connectivity index (χ4v) is 1.95. The van der Waals surface area contributed by atoms with Gasteiger partial charge in [0.2, 0.25) is 0 Å². The van der Waals surface area contributed by atoms with Crippen LogP contribution < -0.4 is 0 Å². The van der Waals surface area contributed by atoms with Crippen molar-refractivity contribution < 1.29 is 9.90 Å². The number of rotatable bonds is 2. The van der Waals surface area contributed by atoms with Gasteiger partial charge in [0.05, 0.1) is 11.7 Å². The molecule has 0 bridgehead atoms. The number of imidazole rings is 1. The van der Waals surface area contributed by atoms with E-state index in [4.69, 9.17) is 0 Å². The largest absolute Gasteiger partial charge is 0.508 e. The molecule has 0 fully saturated rings. The summed E-state index contributed by atoms with van der Waals surface area (Å²) < 4.78 is 1.88. The minimum Gasteiger partial charge on any atom is -0.508 e. The molecule has 0 aliphatic carbocycles. The molecule has 4 nitrogen and oxygen atoms in total. The molecule has 0 atom stereocenters. The molecule has 88 valence electrons. The first-order valence-corrected chi connectivity index (χ1v) is 5.49. The van der Waals surface area contributed by atoms with Crippen molar-refractivity contribution >= 4 is 11.8 Å². The Hall–Kier alpha value is -2.62. The fraction of sp³-hybridized carbons (Fsp3) is 0. The van der Waals surface area contributed by atoms with E-state index in [0.717, 1.165) is 23.2 Å². The van der Waals surface area contributed by atoms with Gasteiger partial charge in [-0.1, -0.05) is 12.1 Å². The first-order valence-electron chi connectivity index (χ1n) is 5.49. The van der Waals surface area contributed by atoms with Crippen LogP contribution in [-0.2, 0) is 0 Å². The van der Waals surface area contributed by atoms with E-state index < -0.39 is 0 Å². The number of phenolic OH excluding ortho intramolecular Hbond substituents is 1. The van der Waals surface area contributed by atoms with Gasteiger partial charge in [-0.3, -0.25) is 9.20 Å². The third-order valence-corrected chi connectivity index (χ3v) is 2.80. The molecule has 0 aliphatic heterocycles. The summed E-state index contributed by atoms with van der Waals surface area (Å²) in [7, 11) is 0. The lowest BCUT2D eigenvalue weighted by Gasteiger charge is -2.02. The van der Waals surface area contributed by atoms with E-state index in [1.165, 1.54) is 0 Å². The zero-order chi connectivity index (χ0) is 12.5. The number of fused-ring (bicyclic) bond motifs is 1. The highest BCUT2D eigenvalue weighted by Gasteiger charge is 2.07. The highest BCUT2D eigenvalue weighted by Crippen LogP contribution is 2.23. The van der Waals surface area contributed by atoms with Gasteiger partial charge in [-0.25, -0.2) is 4.98 Å². The number of benzene rings is 1. The number of hydrogen-bond donors (Lipinski definition) is 1. The van der Waals surface area contributed by atoms with Gasteiger partial charge >= 0.3 is 0 Å². The summed E-state index contributed by atoms with van der Waals surface area (Å²) in [6.07, 6.45) is 4.30. The summed E-state index contributed by atoms with van der Waals surface area (Å²) in [6.45, 7) is 0. The van der Waals surface area contributed by atoms with Crippen molar-refractivity contribution in [1.82, 2.24) is 9.38 Å². The predicted molar refractivity (Wildman–Crippen MR) is 67.7 cm³/mol. The smallest absolute Gasteiger partial charge is 0.150 e. The molecule has 2 heterocycles. The number of nitrogens with zero attached hydrogens (tertiary/aromatic N) is 2. The topological polar surface area (TPSA) is 54.6 Å². The quantitative estimate of drug-likeness (QED) is 0.698. The number of aromatic hydroxyl groups is 1. The highest BCUT2D eigenvalue weighted by atomic mass is 16.3. The molecule has 3 aromatic rings. The number of aromatic nitrogens is 2. The van der Waals surface area contributed by atoms with Crippen LogP contribution in [-0.4, -0.2) is 20.8 Å². The van der Waals surface area contributed by atoms with E-state index in [0.29, 0.717) is 5.56 Å². The Labute approximate surface area is 103 Å². The lowest BCUT2D eigenvalue weighted by atomic mass is 10.2. The first kappa shape index (κ1) is 10.5. The lowest BCUT2D eigenvalue weighted by Crippen LogP contribution is -1.90. The van der Waals surface area contributed by atoms with Crippen molar-refractivity contribution in [3.63, 3.8) is 0 Å². The molecule has 0 saturated heterocycles. The van der Waals surface area contributed by atoms with Crippen LogP contribution in [0.1, 0.15) is 10.4 Å². The molecule has 0 aliphatic rings. The van der Waals surface area contributed by atoms with E-state index in [-0.39, 0.29) is 5.75 Å². The third kappa shape index (κ3) is 1.64. The minimum absolute atomic E-state index is 0.203. The number of aldehydes is 1. The van der Waals surface area contributed by atoms with E-state index in [1.807, 2.05) is 10.5 Å². The zero-order valence-corrected chi connectivity index (χ0v) is 9.45. The van der Waals surface area contributed by atoms with E-state index in [1.54, 1.807) is 42.7 Å². The van der Waals surface area contributed by atoms with Crippen molar-refractivity contribution in [2.75, 3.05) is 0 Å². The van der Waals surface area contributed by atoms with E-state index in [9.17, 15) is 9.90 Å². The average molecular weight is 238 g/mol. The molecule has 0 saturated carbocycles. The van der Waals surface area contributed by atoms with Crippen LogP contribution in [0.15, 0.2) is 48.8 Å². The summed E-state index contributed by atoms with van der Waals surface area (Å²) in [5.41, 5.74) is 2.29. The summed E-state index contributed by atoms with van der Waals surface area (Å²) in [4.78, 5) is 15.0. The van der Waals surface area contributed by atoms with Crippen LogP contribution in [0.3, 0.4) is 0 Å². The summed E-state index contributed by atoms with van der Waals surface area (Å²) in [5.74, 6) is 0.937. The van der Waals surface area contributed by atoms with Crippen LogP contribution in [0.2, 0.25) is 0 Å². The Kier molecular flexibility index (Phi) is 2.34. The average Bonchev–Trinajstić information content (AvgIpc) is 2.81. The molecule has 0 radical (unpaired) electrons. The minimum atomic E-state index is 0.203. The molecule has 4 heteroatoms. The second-order valence-corrected chi connectivity index (χ2v) is 4.00. The van der Waals surface area contributed by atoms with Crippen LogP contribution >= 0.6 is 0 Å². The maximum atomic E-state index is 10.7. The zero-order valence-electron chi connectivity index (χ0n) is 9.45. The van der Waals surface area contributed by atoms with Crippen molar-refractivity contribution in [2.45, 2.75) is 0 Å². The van der Waals surface area contributed by atoms with Crippen molar-refractivity contribution in [3.8, 4) is 17.1 Å². The van der Waals surface area contributed by atoms with Gasteiger partial charge in [0.25, 0.3) is 0 Å². The van der Waals surface area contributed by atoms with Gasteiger partial charge in [0.15, 0.2) is 0 Å². The Morgan fingerprint density at radius 3 is 2.89 bits per heavy atom. The number of carbonyl (C=O) groups excluding carboxylic acids is 1. The maximum Gasteiger partial charge on any atom is 0.150 e. The van der Waals surface area contributed by atoms with Crippen molar-refractivity contribution in [2.24, 2.45) is 0 Å². The molecule has 3 rings (SSSR count). The molecule has 0 spiro atoms. The number of hydrogen-bond acceptors (Lipinski definition) is 3. The van der Waals surface area contributed by atoms with Crippen LogP contribution in [0.25, 0.3) is 16.9 Å². The van der Waals surface area contributed by atoms with Crippen LogP contribution in [0, 0.1) is 0 Å². The molecule has 0 amide bonds. The van der Waals surface area contributed by atoms with Gasteiger partial charge < -0.3 is 5.11 Å². The van der Waals surface area contributed by atoms with Crippen molar-refractivity contribution in [1.29, 1.82) is 0 Å². The summed E-state index contributed by atoms with van der Waals surface area (Å²) >= 11 is 0. The normalized spacial score (nSPS) is 10.7. The monoisotopic (exact) mass is 238 g/mol. The lowest BCUT2D eigenvalue weighted by molar-refractivity contribution is 0.112. The molecule has 1 aromatic carbocycles. The fourth-order valence-electron chi connectivity index (χ4n) is 1.95.